The number of carbonyl (C=O) groups excluding carboxylic acids is 1. The van der Waals surface area contributed by atoms with Gasteiger partial charge in [0.05, 0.1) is 10.4 Å². The molecular formula is C27H31ClFN5O3. The molecular weight excluding hydrogens is 497 g/mol. The van der Waals surface area contributed by atoms with Gasteiger partial charge in [0.15, 0.2) is 11.6 Å². The molecule has 8 nitrogen and oxygen atoms in total. The van der Waals surface area contributed by atoms with Crippen molar-refractivity contribution in [2.45, 2.75) is 59.5 Å². The van der Waals surface area contributed by atoms with Crippen molar-refractivity contribution in [3.05, 3.63) is 69.2 Å². The molecule has 10 heteroatoms. The summed E-state index contributed by atoms with van der Waals surface area (Å²) in [5.41, 5.74) is 2.00. The van der Waals surface area contributed by atoms with Gasteiger partial charge in [-0.25, -0.2) is 9.37 Å². The van der Waals surface area contributed by atoms with Crippen molar-refractivity contribution in [2.75, 3.05) is 11.9 Å². The second-order valence-electron chi connectivity index (χ2n) is 9.99. The summed E-state index contributed by atoms with van der Waals surface area (Å²) in [4.78, 5) is 31.9. The third-order valence-corrected chi connectivity index (χ3v) is 7.56. The zero-order valence-corrected chi connectivity index (χ0v) is 22.1. The second kappa shape index (κ2) is 10.6. The van der Waals surface area contributed by atoms with Crippen LogP contribution in [-0.4, -0.2) is 49.5 Å². The van der Waals surface area contributed by atoms with Crippen LogP contribution in [0, 0.1) is 25.1 Å². The molecule has 4 rings (SSSR count). The number of anilines is 2. The van der Waals surface area contributed by atoms with E-state index in [0.29, 0.717) is 60.0 Å². The first-order valence-electron chi connectivity index (χ1n) is 12.2. The van der Waals surface area contributed by atoms with E-state index in [0.717, 1.165) is 5.69 Å². The summed E-state index contributed by atoms with van der Waals surface area (Å²) in [6, 6.07) is 8.28. The lowest BCUT2D eigenvalue weighted by Gasteiger charge is -2.43. The van der Waals surface area contributed by atoms with Crippen molar-refractivity contribution in [2.24, 2.45) is 5.41 Å². The molecule has 37 heavy (non-hydrogen) atoms. The minimum Gasteiger partial charge on any atom is -0.481 e. The molecule has 1 aliphatic heterocycles. The van der Waals surface area contributed by atoms with Crippen LogP contribution in [0.5, 0.6) is 0 Å². The fourth-order valence-corrected chi connectivity index (χ4v) is 5.32. The van der Waals surface area contributed by atoms with E-state index in [1.54, 1.807) is 25.1 Å². The van der Waals surface area contributed by atoms with E-state index >= 15 is 0 Å². The van der Waals surface area contributed by atoms with Gasteiger partial charge in [0.2, 0.25) is 0 Å². The third kappa shape index (κ3) is 5.67. The largest absolute Gasteiger partial charge is 0.481 e. The van der Waals surface area contributed by atoms with Crippen LogP contribution in [0.3, 0.4) is 0 Å². The molecule has 3 heterocycles. The van der Waals surface area contributed by atoms with Crippen LogP contribution >= 0.6 is 11.6 Å². The zero-order valence-electron chi connectivity index (χ0n) is 21.4. The van der Waals surface area contributed by atoms with E-state index in [4.69, 9.17) is 16.6 Å². The number of hydrogen-bond acceptors (Lipinski definition) is 6. The minimum atomic E-state index is -1.07. The number of rotatable bonds is 8. The van der Waals surface area contributed by atoms with Crippen LogP contribution in [0.1, 0.15) is 59.6 Å². The number of carboxylic acids is 1. The Hall–Kier alpha value is -3.30. The van der Waals surface area contributed by atoms with E-state index in [1.807, 2.05) is 19.9 Å². The summed E-state index contributed by atoms with van der Waals surface area (Å²) in [5.74, 6) is -0.491. The predicted molar refractivity (Wildman–Crippen MR) is 140 cm³/mol. The topological polar surface area (TPSA) is 111 Å². The number of nitrogens with one attached hydrogen (secondary N) is 2. The number of nitrogens with zero attached hydrogens (tertiary/aromatic N) is 3. The monoisotopic (exact) mass is 527 g/mol. The first kappa shape index (κ1) is 26.8. The van der Waals surface area contributed by atoms with Gasteiger partial charge in [0, 0.05) is 47.6 Å². The Labute approximate surface area is 220 Å². The summed E-state index contributed by atoms with van der Waals surface area (Å²) in [6.45, 7) is 7.94. The average Bonchev–Trinajstić information content (AvgIpc) is 3.24. The lowest BCUT2D eigenvalue weighted by Crippen LogP contribution is -2.50. The molecule has 2 atom stereocenters. The van der Waals surface area contributed by atoms with Gasteiger partial charge < -0.3 is 10.4 Å². The Bertz CT molecular complexity index is 1340. The molecule has 2 aromatic heterocycles. The van der Waals surface area contributed by atoms with E-state index in [1.165, 1.54) is 13.0 Å². The second-order valence-corrected chi connectivity index (χ2v) is 10.4. The Morgan fingerprint density at radius 1 is 1.30 bits per heavy atom. The van der Waals surface area contributed by atoms with Crippen molar-refractivity contribution in [1.82, 2.24) is 20.1 Å². The SMILES string of the molecule is CC(=O)c1cc(Nc2cc(C)[nH]n2)nc(C[C@@]2(C(=O)O)CCN(Cc3cccc(Cl)c3F)[C@H](C)C2)c1C. The summed E-state index contributed by atoms with van der Waals surface area (Å²) in [6.07, 6.45) is 0.895. The van der Waals surface area contributed by atoms with Crippen molar-refractivity contribution in [1.29, 1.82) is 0 Å². The number of aromatic amines is 1. The molecule has 3 N–H and O–H groups in total. The maximum absolute atomic E-state index is 14.5. The Kier molecular flexibility index (Phi) is 7.66. The number of aryl methyl sites for hydroxylation is 1. The average molecular weight is 528 g/mol. The fraction of sp³-hybridized carbons (Fsp3) is 0.407. The Balaban J connectivity index is 1.61. The number of ketones is 1. The number of carboxylic acid groups (broad SMARTS) is 1. The van der Waals surface area contributed by atoms with Gasteiger partial charge in [0.1, 0.15) is 11.6 Å². The number of aromatic nitrogens is 3. The van der Waals surface area contributed by atoms with Crippen LogP contribution in [0.25, 0.3) is 0 Å². The first-order valence-corrected chi connectivity index (χ1v) is 12.6. The smallest absolute Gasteiger partial charge is 0.310 e. The van der Waals surface area contributed by atoms with Crippen molar-refractivity contribution < 1.29 is 19.1 Å². The molecule has 1 fully saturated rings. The van der Waals surface area contributed by atoms with Crippen molar-refractivity contribution in [3.63, 3.8) is 0 Å². The number of Topliss-reactive ketones (excluding diaryl/α,β-unsaturated/α-hetero) is 1. The number of pyridine rings is 1. The standard InChI is InChI=1S/C27H31ClFN5O3/c1-15-10-24(33-32-15)31-23-11-20(18(4)35)17(3)22(30-23)13-27(26(36)37)8-9-34(16(2)12-27)14-19-6-5-7-21(28)25(19)29/h5-7,10-11,16H,8-9,12-14H2,1-4H3,(H,36,37)(H2,30,31,32,33)/t16-,27-/m1/s1. The summed E-state index contributed by atoms with van der Waals surface area (Å²) in [7, 11) is 0. The van der Waals surface area contributed by atoms with E-state index in [2.05, 4.69) is 20.4 Å². The van der Waals surface area contributed by atoms with Crippen molar-refractivity contribution in [3.8, 4) is 0 Å². The molecule has 0 bridgehead atoms. The zero-order chi connectivity index (χ0) is 26.9. The third-order valence-electron chi connectivity index (χ3n) is 7.27. The van der Waals surface area contributed by atoms with E-state index in [9.17, 15) is 19.1 Å². The maximum Gasteiger partial charge on any atom is 0.310 e. The predicted octanol–water partition coefficient (Wildman–Crippen LogP) is 5.46. The number of carbonyl (C=O) groups is 2. The lowest BCUT2D eigenvalue weighted by molar-refractivity contribution is -0.153. The first-order chi connectivity index (χ1) is 17.5. The molecule has 0 radical (unpaired) electrons. The fourth-order valence-electron chi connectivity index (χ4n) is 5.13. The molecule has 196 valence electrons. The van der Waals surface area contributed by atoms with Gasteiger partial charge in [-0.2, -0.15) is 5.10 Å². The van der Waals surface area contributed by atoms with Gasteiger partial charge in [-0.05, 0) is 64.8 Å². The highest BCUT2D eigenvalue weighted by Gasteiger charge is 2.45. The van der Waals surface area contributed by atoms with Crippen LogP contribution < -0.4 is 5.32 Å². The molecule has 0 aliphatic carbocycles. The highest BCUT2D eigenvalue weighted by molar-refractivity contribution is 6.30. The number of likely N-dealkylation sites (tertiary alicyclic amines) is 1. The number of aliphatic carboxylic acids is 1. The summed E-state index contributed by atoms with van der Waals surface area (Å²) in [5, 5.41) is 20.6. The molecule has 1 aromatic carbocycles. The molecule has 1 aliphatic rings. The van der Waals surface area contributed by atoms with Gasteiger partial charge in [0.25, 0.3) is 0 Å². The number of H-pyrrole nitrogens is 1. The number of piperidine rings is 1. The van der Waals surface area contributed by atoms with Crippen LogP contribution in [-0.2, 0) is 17.8 Å². The number of halogens is 2. The normalized spacial score (nSPS) is 20.1. The Morgan fingerprint density at radius 2 is 2.05 bits per heavy atom. The van der Waals surface area contributed by atoms with Crippen LogP contribution in [0.4, 0.5) is 16.0 Å². The summed E-state index contributed by atoms with van der Waals surface area (Å²) < 4.78 is 14.5. The Morgan fingerprint density at radius 3 is 2.68 bits per heavy atom. The van der Waals surface area contributed by atoms with Gasteiger partial charge in [-0.3, -0.25) is 19.6 Å². The van der Waals surface area contributed by atoms with Crippen molar-refractivity contribution >= 4 is 35.0 Å². The quantitative estimate of drug-likeness (QED) is 0.333. The van der Waals surface area contributed by atoms with Crippen LogP contribution in [0.15, 0.2) is 30.3 Å². The number of benzene rings is 1. The van der Waals surface area contributed by atoms with E-state index in [-0.39, 0.29) is 23.3 Å². The highest BCUT2D eigenvalue weighted by atomic mass is 35.5. The molecule has 0 saturated carbocycles. The minimum absolute atomic E-state index is 0.0726. The van der Waals surface area contributed by atoms with E-state index < -0.39 is 17.2 Å². The van der Waals surface area contributed by atoms with Crippen LogP contribution in [0.2, 0.25) is 5.02 Å². The number of hydrogen-bond donors (Lipinski definition) is 3. The molecule has 0 amide bonds. The van der Waals surface area contributed by atoms with Gasteiger partial charge in [-0.1, -0.05) is 23.7 Å². The summed E-state index contributed by atoms with van der Waals surface area (Å²) >= 11 is 5.95. The van der Waals surface area contributed by atoms with Gasteiger partial charge in [-0.15, -0.1) is 0 Å². The molecule has 1 saturated heterocycles. The highest BCUT2D eigenvalue weighted by Crippen LogP contribution is 2.40. The maximum atomic E-state index is 14.5. The lowest BCUT2D eigenvalue weighted by atomic mass is 9.71. The molecule has 0 spiro atoms. The molecule has 3 aromatic rings. The van der Waals surface area contributed by atoms with Gasteiger partial charge >= 0.3 is 5.97 Å². The molecule has 0 unspecified atom stereocenters.